The van der Waals surface area contributed by atoms with Gasteiger partial charge in [0.05, 0.1) is 29.8 Å². The maximum Gasteiger partial charge on any atom is 0.337 e. The smallest absolute Gasteiger partial charge is 0.337 e. The molecule has 1 fully saturated rings. The van der Waals surface area contributed by atoms with Crippen LogP contribution in [-0.4, -0.2) is 36.6 Å². The number of aromatic nitrogens is 1. The topological polar surface area (TPSA) is 72.4 Å². The first-order valence-corrected chi connectivity index (χ1v) is 10.8. The highest BCUT2D eigenvalue weighted by atomic mass is 16.5. The molecule has 0 saturated carbocycles. The summed E-state index contributed by atoms with van der Waals surface area (Å²) in [6.07, 6.45) is 4.41. The molecule has 0 spiro atoms. The average Bonchev–Trinajstić information content (AvgIpc) is 3.22. The number of ether oxygens (including phenoxy) is 1. The normalized spacial score (nSPS) is 15.5. The van der Waals surface area contributed by atoms with Gasteiger partial charge in [-0.05, 0) is 68.6 Å². The van der Waals surface area contributed by atoms with Crippen molar-refractivity contribution in [3.8, 4) is 0 Å². The van der Waals surface area contributed by atoms with Gasteiger partial charge in [-0.2, -0.15) is 0 Å². The van der Waals surface area contributed by atoms with E-state index in [4.69, 9.17) is 4.74 Å². The summed E-state index contributed by atoms with van der Waals surface area (Å²) in [7, 11) is 1.36. The zero-order chi connectivity index (χ0) is 21.8. The minimum atomic E-state index is -0.371. The second-order valence-electron chi connectivity index (χ2n) is 8.21. The number of piperidine rings is 1. The number of nitrogens with one attached hydrogen (secondary N) is 2. The Kier molecular flexibility index (Phi) is 6.37. The number of fused-ring (bicyclic) bond motifs is 1. The van der Waals surface area contributed by atoms with Crippen molar-refractivity contribution in [1.82, 2.24) is 15.2 Å². The Bertz CT molecular complexity index is 1070. The third-order valence-electron chi connectivity index (χ3n) is 6.13. The maximum absolute atomic E-state index is 13.2. The van der Waals surface area contributed by atoms with E-state index >= 15 is 0 Å². The largest absolute Gasteiger partial charge is 0.465 e. The Balaban J connectivity index is 1.53. The number of benzene rings is 2. The van der Waals surface area contributed by atoms with Gasteiger partial charge in [0.1, 0.15) is 0 Å². The lowest BCUT2D eigenvalue weighted by atomic mass is 9.98. The number of para-hydroxylation sites is 1. The average molecular weight is 420 g/mol. The fourth-order valence-corrected chi connectivity index (χ4v) is 4.32. The standard InChI is InChI=1S/C25H29N3O3/c1-17(19-6-8-21(9-7-19)25(30)31-2)27-24(29)22-5-3-4-20-12-15-28(23(20)22)16-18-10-13-26-14-11-18/h3-9,12,15,17-18,26H,10-11,13-14,16H2,1-2H3,(H,27,29)/t17-/m0/s1. The van der Waals surface area contributed by atoms with Gasteiger partial charge in [0.15, 0.2) is 0 Å². The van der Waals surface area contributed by atoms with Crippen LogP contribution in [0.1, 0.15) is 52.1 Å². The van der Waals surface area contributed by atoms with E-state index in [-0.39, 0.29) is 17.9 Å². The van der Waals surface area contributed by atoms with Crippen molar-refractivity contribution in [2.75, 3.05) is 20.2 Å². The number of amides is 1. The molecule has 0 radical (unpaired) electrons. The number of rotatable bonds is 6. The second-order valence-corrected chi connectivity index (χ2v) is 8.21. The number of carbonyl (C=O) groups is 2. The number of hydrogen-bond acceptors (Lipinski definition) is 4. The minimum Gasteiger partial charge on any atom is -0.465 e. The maximum atomic E-state index is 13.2. The molecular weight excluding hydrogens is 390 g/mol. The molecule has 6 nitrogen and oxygen atoms in total. The van der Waals surface area contributed by atoms with E-state index in [0.29, 0.717) is 17.0 Å². The van der Waals surface area contributed by atoms with E-state index in [1.807, 2.05) is 31.2 Å². The Morgan fingerprint density at radius 2 is 1.87 bits per heavy atom. The minimum absolute atomic E-state index is 0.0968. The van der Waals surface area contributed by atoms with Crippen LogP contribution in [0, 0.1) is 5.92 Å². The summed E-state index contributed by atoms with van der Waals surface area (Å²) in [4.78, 5) is 24.8. The van der Waals surface area contributed by atoms with Gasteiger partial charge in [0, 0.05) is 18.1 Å². The van der Waals surface area contributed by atoms with E-state index in [2.05, 4.69) is 33.5 Å². The molecule has 162 valence electrons. The summed E-state index contributed by atoms with van der Waals surface area (Å²) in [5.74, 6) is 0.157. The van der Waals surface area contributed by atoms with Crippen molar-refractivity contribution in [3.05, 3.63) is 71.4 Å². The molecule has 2 aromatic carbocycles. The van der Waals surface area contributed by atoms with E-state index in [1.165, 1.54) is 7.11 Å². The molecule has 31 heavy (non-hydrogen) atoms. The quantitative estimate of drug-likeness (QED) is 0.594. The van der Waals surface area contributed by atoms with Gasteiger partial charge in [0.2, 0.25) is 0 Å². The van der Waals surface area contributed by atoms with Gasteiger partial charge in [-0.1, -0.05) is 24.3 Å². The van der Waals surface area contributed by atoms with Gasteiger partial charge < -0.3 is 19.9 Å². The predicted octanol–water partition coefficient (Wildman–Crippen LogP) is 3.92. The molecule has 1 atom stereocenters. The zero-order valence-corrected chi connectivity index (χ0v) is 18.1. The number of nitrogens with zero attached hydrogens (tertiary/aromatic N) is 1. The molecule has 0 unspecified atom stereocenters. The monoisotopic (exact) mass is 419 g/mol. The van der Waals surface area contributed by atoms with Crippen LogP contribution in [0.4, 0.5) is 0 Å². The Morgan fingerprint density at radius 3 is 2.58 bits per heavy atom. The summed E-state index contributed by atoms with van der Waals surface area (Å²) < 4.78 is 6.98. The molecule has 0 bridgehead atoms. The third-order valence-corrected chi connectivity index (χ3v) is 6.13. The summed E-state index contributed by atoms with van der Waals surface area (Å²) in [6, 6.07) is 14.9. The molecule has 1 amide bonds. The predicted molar refractivity (Wildman–Crippen MR) is 121 cm³/mol. The zero-order valence-electron chi connectivity index (χ0n) is 18.1. The first-order chi connectivity index (χ1) is 15.1. The molecule has 1 saturated heterocycles. The SMILES string of the molecule is COC(=O)c1ccc([C@H](C)NC(=O)c2cccc3ccn(CC4CCNCC4)c23)cc1. The first-order valence-electron chi connectivity index (χ1n) is 10.8. The summed E-state index contributed by atoms with van der Waals surface area (Å²) in [6.45, 7) is 4.99. The van der Waals surface area contributed by atoms with Crippen LogP contribution < -0.4 is 10.6 Å². The summed E-state index contributed by atoms with van der Waals surface area (Å²) in [5, 5.41) is 7.60. The Labute approximate surface area is 182 Å². The van der Waals surface area contributed by atoms with Crippen LogP contribution in [0.25, 0.3) is 10.9 Å². The van der Waals surface area contributed by atoms with Crippen LogP contribution >= 0.6 is 0 Å². The lowest BCUT2D eigenvalue weighted by Gasteiger charge is -2.24. The first kappa shape index (κ1) is 21.1. The highest BCUT2D eigenvalue weighted by Gasteiger charge is 2.19. The number of hydrogen-bond donors (Lipinski definition) is 2. The summed E-state index contributed by atoms with van der Waals surface area (Å²) in [5.41, 5.74) is 3.10. The van der Waals surface area contributed by atoms with Crippen LogP contribution in [0.15, 0.2) is 54.7 Å². The molecule has 3 aromatic rings. The van der Waals surface area contributed by atoms with Crippen molar-refractivity contribution in [2.45, 2.75) is 32.4 Å². The fraction of sp³-hybridized carbons (Fsp3) is 0.360. The number of esters is 1. The highest BCUT2D eigenvalue weighted by molar-refractivity contribution is 6.06. The van der Waals surface area contributed by atoms with Crippen LogP contribution in [0.2, 0.25) is 0 Å². The molecule has 0 aliphatic carbocycles. The third kappa shape index (κ3) is 4.64. The van der Waals surface area contributed by atoms with Crippen molar-refractivity contribution in [3.63, 3.8) is 0 Å². The molecular formula is C25H29N3O3. The van der Waals surface area contributed by atoms with Gasteiger partial charge in [-0.15, -0.1) is 0 Å². The molecule has 2 N–H and O–H groups in total. The van der Waals surface area contributed by atoms with Crippen molar-refractivity contribution in [1.29, 1.82) is 0 Å². The van der Waals surface area contributed by atoms with E-state index in [9.17, 15) is 9.59 Å². The van der Waals surface area contributed by atoms with Crippen molar-refractivity contribution >= 4 is 22.8 Å². The molecule has 6 heteroatoms. The van der Waals surface area contributed by atoms with Crippen molar-refractivity contribution < 1.29 is 14.3 Å². The number of methoxy groups -OCH3 is 1. The van der Waals surface area contributed by atoms with Crippen LogP contribution in [0.3, 0.4) is 0 Å². The van der Waals surface area contributed by atoms with Gasteiger partial charge >= 0.3 is 5.97 Å². The van der Waals surface area contributed by atoms with Gasteiger partial charge in [-0.3, -0.25) is 4.79 Å². The van der Waals surface area contributed by atoms with Gasteiger partial charge in [-0.25, -0.2) is 4.79 Å². The molecule has 1 aliphatic rings. The Hall–Kier alpha value is -3.12. The highest BCUT2D eigenvalue weighted by Crippen LogP contribution is 2.25. The van der Waals surface area contributed by atoms with E-state index < -0.39 is 0 Å². The summed E-state index contributed by atoms with van der Waals surface area (Å²) >= 11 is 0. The second kappa shape index (κ2) is 9.35. The van der Waals surface area contributed by atoms with E-state index in [1.54, 1.807) is 12.1 Å². The molecule has 2 heterocycles. The molecule has 1 aliphatic heterocycles. The molecule has 4 rings (SSSR count). The van der Waals surface area contributed by atoms with Crippen LogP contribution in [-0.2, 0) is 11.3 Å². The van der Waals surface area contributed by atoms with Crippen LogP contribution in [0.5, 0.6) is 0 Å². The molecule has 1 aromatic heterocycles. The number of carbonyl (C=O) groups excluding carboxylic acids is 2. The fourth-order valence-electron chi connectivity index (χ4n) is 4.32. The lowest BCUT2D eigenvalue weighted by Crippen LogP contribution is -2.30. The van der Waals surface area contributed by atoms with E-state index in [0.717, 1.165) is 48.9 Å². The van der Waals surface area contributed by atoms with Crippen molar-refractivity contribution in [2.24, 2.45) is 5.92 Å². The van der Waals surface area contributed by atoms with Gasteiger partial charge in [0.25, 0.3) is 5.91 Å². The lowest BCUT2D eigenvalue weighted by molar-refractivity contribution is 0.0600. The Morgan fingerprint density at radius 1 is 1.13 bits per heavy atom.